The number of rotatable bonds is 5. The van der Waals surface area contributed by atoms with Gasteiger partial charge in [-0.05, 0) is 26.7 Å². The van der Waals surface area contributed by atoms with Gasteiger partial charge in [0, 0.05) is 12.0 Å². The van der Waals surface area contributed by atoms with Crippen molar-refractivity contribution in [2.75, 3.05) is 0 Å². The first-order valence-electron chi connectivity index (χ1n) is 5.95. The molecule has 3 N–H and O–H groups in total. The summed E-state index contributed by atoms with van der Waals surface area (Å²) >= 11 is 0. The lowest BCUT2D eigenvalue weighted by Crippen LogP contribution is -2.40. The molecule has 18 heavy (non-hydrogen) atoms. The molecule has 1 heterocycles. The third-order valence-corrected chi connectivity index (χ3v) is 3.17. The van der Waals surface area contributed by atoms with Gasteiger partial charge in [0.2, 0.25) is 5.82 Å². The first-order valence-corrected chi connectivity index (χ1v) is 5.95. The van der Waals surface area contributed by atoms with Crippen molar-refractivity contribution in [3.63, 3.8) is 0 Å². The Bertz CT molecular complexity index is 467. The topological polar surface area (TPSA) is 108 Å². The van der Waals surface area contributed by atoms with Gasteiger partial charge in [-0.1, -0.05) is 0 Å². The van der Waals surface area contributed by atoms with Gasteiger partial charge < -0.3 is 10.4 Å². The largest absolute Gasteiger partial charge is 0.481 e. The van der Waals surface area contributed by atoms with Crippen LogP contribution in [0.3, 0.4) is 0 Å². The van der Waals surface area contributed by atoms with Crippen LogP contribution in [0.15, 0.2) is 0 Å². The van der Waals surface area contributed by atoms with E-state index in [9.17, 15) is 9.59 Å². The van der Waals surface area contributed by atoms with E-state index in [2.05, 4.69) is 20.5 Å². The summed E-state index contributed by atoms with van der Waals surface area (Å²) < 4.78 is 0. The van der Waals surface area contributed by atoms with Crippen LogP contribution >= 0.6 is 0 Å². The molecule has 1 fully saturated rings. The van der Waals surface area contributed by atoms with E-state index in [-0.39, 0.29) is 5.82 Å². The smallest absolute Gasteiger partial charge is 0.308 e. The van der Waals surface area contributed by atoms with Crippen LogP contribution in [0.2, 0.25) is 0 Å². The monoisotopic (exact) mass is 252 g/mol. The second-order valence-corrected chi connectivity index (χ2v) is 4.71. The zero-order valence-electron chi connectivity index (χ0n) is 10.3. The molecule has 1 aliphatic rings. The molecule has 1 amide bonds. The summed E-state index contributed by atoms with van der Waals surface area (Å²) in [7, 11) is 0. The van der Waals surface area contributed by atoms with Gasteiger partial charge in [-0.25, -0.2) is 4.98 Å². The molecule has 0 saturated heterocycles. The minimum absolute atomic E-state index is 0.0707. The highest BCUT2D eigenvalue weighted by Crippen LogP contribution is 2.37. The molecule has 1 aliphatic carbocycles. The first-order chi connectivity index (χ1) is 8.49. The average Bonchev–Trinajstić information content (AvgIpc) is 3.05. The van der Waals surface area contributed by atoms with Gasteiger partial charge >= 0.3 is 5.97 Å². The van der Waals surface area contributed by atoms with E-state index in [1.807, 2.05) is 0 Å². The van der Waals surface area contributed by atoms with E-state index in [4.69, 9.17) is 5.11 Å². The van der Waals surface area contributed by atoms with E-state index in [1.54, 1.807) is 13.8 Å². The Kier molecular flexibility index (Phi) is 3.31. The van der Waals surface area contributed by atoms with Crippen LogP contribution in [0.25, 0.3) is 0 Å². The molecular weight excluding hydrogens is 236 g/mol. The first kappa shape index (κ1) is 12.5. The quantitative estimate of drug-likeness (QED) is 0.708. The molecule has 0 bridgehead atoms. The van der Waals surface area contributed by atoms with E-state index in [1.165, 1.54) is 0 Å². The van der Waals surface area contributed by atoms with Crippen molar-refractivity contribution in [1.29, 1.82) is 0 Å². The number of aliphatic carboxylic acids is 1. The van der Waals surface area contributed by atoms with Gasteiger partial charge in [-0.15, -0.1) is 5.10 Å². The predicted molar refractivity (Wildman–Crippen MR) is 62.1 cm³/mol. The van der Waals surface area contributed by atoms with Gasteiger partial charge in [0.25, 0.3) is 5.91 Å². The SMILES string of the molecule is CC(NC(=O)c1n[nH]c(C2CC2)n1)C(C)C(=O)O. The van der Waals surface area contributed by atoms with Crippen molar-refractivity contribution in [3.05, 3.63) is 11.6 Å². The molecule has 2 atom stereocenters. The number of aromatic amines is 1. The van der Waals surface area contributed by atoms with Crippen molar-refractivity contribution < 1.29 is 14.7 Å². The minimum atomic E-state index is -0.948. The maximum atomic E-state index is 11.8. The Labute approximate surface area is 104 Å². The molecule has 0 spiro atoms. The van der Waals surface area contributed by atoms with Crippen molar-refractivity contribution in [2.45, 2.75) is 38.6 Å². The standard InChI is InChI=1S/C11H16N4O3/c1-5(11(17)18)6(2)12-10(16)9-13-8(14-15-9)7-3-4-7/h5-7H,3-4H2,1-2H3,(H,12,16)(H,17,18)(H,13,14,15). The number of hydrogen-bond acceptors (Lipinski definition) is 4. The summed E-state index contributed by atoms with van der Waals surface area (Å²) in [6.07, 6.45) is 2.14. The van der Waals surface area contributed by atoms with Gasteiger partial charge in [-0.3, -0.25) is 14.7 Å². The Morgan fingerprint density at radius 1 is 1.44 bits per heavy atom. The third kappa shape index (κ3) is 2.66. The summed E-state index contributed by atoms with van der Waals surface area (Å²) in [6, 6.07) is -0.474. The molecule has 1 saturated carbocycles. The van der Waals surface area contributed by atoms with Crippen LogP contribution in [0.5, 0.6) is 0 Å². The summed E-state index contributed by atoms with van der Waals surface area (Å²) in [5.74, 6) is -0.846. The molecule has 7 nitrogen and oxygen atoms in total. The highest BCUT2D eigenvalue weighted by atomic mass is 16.4. The fraction of sp³-hybridized carbons (Fsp3) is 0.636. The van der Waals surface area contributed by atoms with Gasteiger partial charge in [0.05, 0.1) is 5.92 Å². The zero-order valence-corrected chi connectivity index (χ0v) is 10.3. The lowest BCUT2D eigenvalue weighted by Gasteiger charge is -2.16. The third-order valence-electron chi connectivity index (χ3n) is 3.17. The molecule has 98 valence electrons. The van der Waals surface area contributed by atoms with E-state index < -0.39 is 23.8 Å². The maximum Gasteiger partial charge on any atom is 0.308 e. The Balaban J connectivity index is 1.95. The lowest BCUT2D eigenvalue weighted by molar-refractivity contribution is -0.141. The summed E-state index contributed by atoms with van der Waals surface area (Å²) in [4.78, 5) is 26.7. The number of H-pyrrole nitrogens is 1. The van der Waals surface area contributed by atoms with Gasteiger partial charge in [0.1, 0.15) is 5.82 Å². The van der Waals surface area contributed by atoms with Crippen LogP contribution in [-0.2, 0) is 4.79 Å². The van der Waals surface area contributed by atoms with Crippen LogP contribution < -0.4 is 5.32 Å². The molecule has 1 aromatic heterocycles. The number of carbonyl (C=O) groups is 2. The normalized spacial score (nSPS) is 18.1. The number of hydrogen-bond donors (Lipinski definition) is 3. The Morgan fingerprint density at radius 2 is 2.11 bits per heavy atom. The Hall–Kier alpha value is -1.92. The van der Waals surface area contributed by atoms with Crippen LogP contribution in [0.1, 0.15) is 49.1 Å². The number of nitrogens with zero attached hydrogens (tertiary/aromatic N) is 2. The van der Waals surface area contributed by atoms with Crippen LogP contribution in [0.4, 0.5) is 0 Å². The maximum absolute atomic E-state index is 11.8. The van der Waals surface area contributed by atoms with Crippen LogP contribution in [-0.4, -0.2) is 38.2 Å². The molecule has 2 unspecified atom stereocenters. The van der Waals surface area contributed by atoms with E-state index in [0.29, 0.717) is 5.92 Å². The molecule has 0 aliphatic heterocycles. The molecule has 0 aromatic carbocycles. The summed E-state index contributed by atoms with van der Waals surface area (Å²) in [5.41, 5.74) is 0. The van der Waals surface area contributed by atoms with Crippen molar-refractivity contribution in [1.82, 2.24) is 20.5 Å². The molecular formula is C11H16N4O3. The highest BCUT2D eigenvalue weighted by molar-refractivity contribution is 5.90. The molecule has 2 rings (SSSR count). The van der Waals surface area contributed by atoms with Crippen molar-refractivity contribution in [3.8, 4) is 0 Å². The number of nitrogens with one attached hydrogen (secondary N) is 2. The van der Waals surface area contributed by atoms with Crippen LogP contribution in [0, 0.1) is 5.92 Å². The zero-order chi connectivity index (χ0) is 13.3. The fourth-order valence-electron chi connectivity index (χ4n) is 1.53. The second kappa shape index (κ2) is 4.75. The molecule has 7 heteroatoms. The van der Waals surface area contributed by atoms with E-state index >= 15 is 0 Å². The Morgan fingerprint density at radius 3 is 2.67 bits per heavy atom. The lowest BCUT2D eigenvalue weighted by atomic mass is 10.0. The second-order valence-electron chi connectivity index (χ2n) is 4.71. The van der Waals surface area contributed by atoms with Crippen molar-refractivity contribution >= 4 is 11.9 Å². The molecule has 0 radical (unpaired) electrons. The average molecular weight is 252 g/mol. The summed E-state index contributed by atoms with van der Waals surface area (Å²) in [5, 5.41) is 18.0. The molecule has 1 aromatic rings. The highest BCUT2D eigenvalue weighted by Gasteiger charge is 2.29. The van der Waals surface area contributed by atoms with Crippen molar-refractivity contribution in [2.24, 2.45) is 5.92 Å². The number of aromatic nitrogens is 3. The number of amides is 1. The number of carboxylic acids is 1. The minimum Gasteiger partial charge on any atom is -0.481 e. The van der Waals surface area contributed by atoms with Gasteiger partial charge in [-0.2, -0.15) is 0 Å². The van der Waals surface area contributed by atoms with Gasteiger partial charge in [0.15, 0.2) is 0 Å². The predicted octanol–water partition coefficient (Wildman–Crippen LogP) is 0.521. The number of carbonyl (C=O) groups excluding carboxylic acids is 1. The summed E-state index contributed by atoms with van der Waals surface area (Å²) in [6.45, 7) is 3.19. The number of carboxylic acid groups (broad SMARTS) is 1. The van der Waals surface area contributed by atoms with E-state index in [0.717, 1.165) is 18.7 Å². The fourth-order valence-corrected chi connectivity index (χ4v) is 1.53.